The van der Waals surface area contributed by atoms with Crippen molar-refractivity contribution >= 4 is 39.2 Å². The largest absolute Gasteiger partial charge is 0.365 e. The summed E-state index contributed by atoms with van der Waals surface area (Å²) in [4.78, 5) is 0. The van der Waals surface area contributed by atoms with Crippen molar-refractivity contribution in [1.82, 2.24) is 0 Å². The maximum Gasteiger partial charge on any atom is 0.365 e. The first-order chi connectivity index (χ1) is 11.1. The Kier molecular flexibility index (Phi) is 18.3. The van der Waals surface area contributed by atoms with E-state index in [0.29, 0.717) is 0 Å². The molecule has 0 heterocycles. The second-order valence-corrected chi connectivity index (χ2v) is 15.2. The van der Waals surface area contributed by atoms with Crippen LogP contribution >= 0.6 is 33.2 Å². The minimum atomic E-state index is -2.53. The van der Waals surface area contributed by atoms with E-state index < -0.39 is 6.00 Å². The van der Waals surface area contributed by atoms with Crippen molar-refractivity contribution in [3.05, 3.63) is 11.8 Å². The van der Waals surface area contributed by atoms with Crippen LogP contribution in [-0.2, 0) is 0 Å². The number of hydrogen-bond acceptors (Lipinski definition) is 0. The topological polar surface area (TPSA) is 0 Å². The van der Waals surface area contributed by atoms with Gasteiger partial charge in [-0.2, -0.15) is 0 Å². The second-order valence-electron chi connectivity index (χ2n) is 6.68. The average molecular weight is 400 g/mol. The predicted molar refractivity (Wildman–Crippen MR) is 112 cm³/mol. The standard InChI is InChI=1S/C19H37Cl3Si/c1-2-3-4-5-6-7-8-9-10-11-12-13-14-15-16-17-18-19-23(20,21)22/h18-19H,2-17H2,1H3/b19-18+. The number of unbranched alkanes of at least 4 members (excludes halogenated alkanes) is 15. The third-order valence-electron chi connectivity index (χ3n) is 4.28. The molecular formula is C19H37Cl3Si. The van der Waals surface area contributed by atoms with Crippen LogP contribution in [-0.4, -0.2) is 6.00 Å². The van der Waals surface area contributed by atoms with E-state index >= 15 is 0 Å². The maximum absolute atomic E-state index is 5.79. The third-order valence-corrected chi connectivity index (χ3v) is 6.03. The van der Waals surface area contributed by atoms with Gasteiger partial charge in [0.2, 0.25) is 0 Å². The van der Waals surface area contributed by atoms with Crippen LogP contribution in [0.15, 0.2) is 11.8 Å². The molecule has 0 rings (SSSR count). The van der Waals surface area contributed by atoms with Gasteiger partial charge in [-0.15, -0.1) is 33.2 Å². The molecule has 0 spiro atoms. The second kappa shape index (κ2) is 17.6. The fourth-order valence-corrected chi connectivity index (χ4v) is 4.09. The highest BCUT2D eigenvalue weighted by Gasteiger charge is 2.19. The average Bonchev–Trinajstić information content (AvgIpc) is 2.49. The van der Waals surface area contributed by atoms with E-state index in [1.807, 2.05) is 6.08 Å². The van der Waals surface area contributed by atoms with Crippen molar-refractivity contribution in [3.63, 3.8) is 0 Å². The van der Waals surface area contributed by atoms with Gasteiger partial charge in [-0.1, -0.05) is 109 Å². The Morgan fingerprint density at radius 2 is 0.913 bits per heavy atom. The molecular weight excluding hydrogens is 363 g/mol. The molecule has 0 fully saturated rings. The van der Waals surface area contributed by atoms with Gasteiger partial charge in [0.25, 0.3) is 0 Å². The first kappa shape index (κ1) is 23.8. The first-order valence-corrected chi connectivity index (χ1v) is 14.9. The summed E-state index contributed by atoms with van der Waals surface area (Å²) in [5.74, 6) is 0. The van der Waals surface area contributed by atoms with E-state index in [4.69, 9.17) is 33.2 Å². The lowest BCUT2D eigenvalue weighted by atomic mass is 10.0. The molecule has 0 saturated heterocycles. The number of allylic oxidation sites excluding steroid dienone is 1. The Bertz CT molecular complexity index is 262. The molecule has 0 aromatic carbocycles. The minimum Gasteiger partial charge on any atom is -0.121 e. The molecule has 0 aliphatic heterocycles. The smallest absolute Gasteiger partial charge is 0.121 e. The van der Waals surface area contributed by atoms with Crippen molar-refractivity contribution < 1.29 is 0 Å². The molecule has 0 radical (unpaired) electrons. The zero-order valence-corrected chi connectivity index (χ0v) is 18.4. The maximum atomic E-state index is 5.79. The summed E-state index contributed by atoms with van der Waals surface area (Å²) < 4.78 is 0. The minimum absolute atomic E-state index is 1.05. The molecule has 0 bridgehead atoms. The zero-order valence-electron chi connectivity index (χ0n) is 15.1. The molecule has 0 nitrogen and oxygen atoms in total. The number of rotatable bonds is 17. The van der Waals surface area contributed by atoms with Crippen molar-refractivity contribution in [2.45, 2.75) is 110 Å². The summed E-state index contributed by atoms with van der Waals surface area (Å²) in [5, 5.41) is 0. The number of hydrogen-bond donors (Lipinski definition) is 0. The van der Waals surface area contributed by atoms with Gasteiger partial charge >= 0.3 is 6.00 Å². The lowest BCUT2D eigenvalue weighted by molar-refractivity contribution is 0.533. The summed E-state index contributed by atoms with van der Waals surface area (Å²) in [5.41, 5.74) is 1.79. The molecule has 0 aromatic rings. The van der Waals surface area contributed by atoms with Crippen molar-refractivity contribution in [2.24, 2.45) is 0 Å². The molecule has 0 N–H and O–H groups in total. The highest BCUT2D eigenvalue weighted by Crippen LogP contribution is 2.21. The van der Waals surface area contributed by atoms with Gasteiger partial charge in [-0.05, 0) is 12.8 Å². The van der Waals surface area contributed by atoms with Crippen LogP contribution in [0.3, 0.4) is 0 Å². The molecule has 0 saturated carbocycles. The molecule has 4 heteroatoms. The van der Waals surface area contributed by atoms with Crippen LogP contribution in [0.5, 0.6) is 0 Å². The Balaban J connectivity index is 3.07. The molecule has 0 amide bonds. The molecule has 0 unspecified atom stereocenters. The van der Waals surface area contributed by atoms with Gasteiger partial charge < -0.3 is 0 Å². The summed E-state index contributed by atoms with van der Waals surface area (Å²) in [6.45, 7) is 2.28. The summed E-state index contributed by atoms with van der Waals surface area (Å²) in [6, 6.07) is -2.53. The van der Waals surface area contributed by atoms with E-state index in [9.17, 15) is 0 Å². The highest BCUT2D eigenvalue weighted by molar-refractivity contribution is 7.66. The van der Waals surface area contributed by atoms with E-state index in [1.54, 1.807) is 5.70 Å². The van der Waals surface area contributed by atoms with Gasteiger partial charge in [-0.3, -0.25) is 0 Å². The Morgan fingerprint density at radius 1 is 0.565 bits per heavy atom. The normalized spacial score (nSPS) is 12.3. The molecule has 0 aromatic heterocycles. The van der Waals surface area contributed by atoms with Crippen molar-refractivity contribution in [2.75, 3.05) is 0 Å². The third kappa shape index (κ3) is 22.8. The summed E-state index contributed by atoms with van der Waals surface area (Å²) in [7, 11) is 0. The van der Waals surface area contributed by atoms with Gasteiger partial charge in [0, 0.05) is 0 Å². The highest BCUT2D eigenvalue weighted by atomic mass is 35.8. The van der Waals surface area contributed by atoms with Crippen LogP contribution in [0, 0.1) is 0 Å². The lowest BCUT2D eigenvalue weighted by Crippen LogP contribution is -2.02. The Hall–Kier alpha value is 0.827. The summed E-state index contributed by atoms with van der Waals surface area (Å²) in [6.07, 6.45) is 24.1. The van der Waals surface area contributed by atoms with Crippen LogP contribution in [0.2, 0.25) is 0 Å². The summed E-state index contributed by atoms with van der Waals surface area (Å²) >= 11 is 17.4. The Morgan fingerprint density at radius 3 is 1.26 bits per heavy atom. The van der Waals surface area contributed by atoms with Crippen molar-refractivity contribution in [1.29, 1.82) is 0 Å². The molecule has 0 atom stereocenters. The van der Waals surface area contributed by atoms with Crippen LogP contribution in [0.1, 0.15) is 110 Å². The Labute approximate surface area is 160 Å². The van der Waals surface area contributed by atoms with E-state index in [0.717, 1.165) is 6.42 Å². The van der Waals surface area contributed by atoms with Crippen molar-refractivity contribution in [3.8, 4) is 0 Å². The zero-order chi connectivity index (χ0) is 17.2. The molecule has 138 valence electrons. The SMILES string of the molecule is CCCCCCCCCCCCCCCCC/C=C/[Si](Cl)(Cl)Cl. The van der Waals surface area contributed by atoms with Gasteiger partial charge in [0.15, 0.2) is 0 Å². The molecule has 23 heavy (non-hydrogen) atoms. The monoisotopic (exact) mass is 398 g/mol. The van der Waals surface area contributed by atoms with E-state index in [-0.39, 0.29) is 0 Å². The van der Waals surface area contributed by atoms with Crippen LogP contribution in [0.4, 0.5) is 0 Å². The quantitative estimate of drug-likeness (QED) is 0.130. The molecule has 0 aliphatic rings. The molecule has 0 aliphatic carbocycles. The van der Waals surface area contributed by atoms with Gasteiger partial charge in [0.05, 0.1) is 0 Å². The predicted octanol–water partition coefficient (Wildman–Crippen LogP) is 9.00. The number of halogens is 3. The fraction of sp³-hybridized carbons (Fsp3) is 0.895. The van der Waals surface area contributed by atoms with E-state index in [1.165, 1.54) is 96.3 Å². The van der Waals surface area contributed by atoms with Gasteiger partial charge in [-0.25, -0.2) is 0 Å². The first-order valence-electron chi connectivity index (χ1n) is 9.80. The van der Waals surface area contributed by atoms with Crippen LogP contribution in [0.25, 0.3) is 0 Å². The van der Waals surface area contributed by atoms with Gasteiger partial charge in [0.1, 0.15) is 0 Å². The van der Waals surface area contributed by atoms with Crippen LogP contribution < -0.4 is 0 Å². The van der Waals surface area contributed by atoms with E-state index in [2.05, 4.69) is 6.92 Å². The fourth-order valence-electron chi connectivity index (χ4n) is 2.85. The lowest BCUT2D eigenvalue weighted by Gasteiger charge is -2.03.